The molecule has 24 aliphatic carbocycles. The topological polar surface area (TPSA) is 151 Å². The molecule has 0 heterocycles. The van der Waals surface area contributed by atoms with E-state index in [1.165, 1.54) is 79.4 Å². The molecule has 9 nitrogen and oxygen atoms in total. The lowest BCUT2D eigenvalue weighted by Crippen LogP contribution is -2.61. The zero-order valence-electron chi connectivity index (χ0n) is 69.4. The minimum absolute atomic E-state index is 0.0267. The molecule has 4 N–H and O–H groups in total. The van der Waals surface area contributed by atoms with Crippen LogP contribution in [0.15, 0.2) is 0 Å². The highest BCUT2D eigenvalue weighted by Gasteiger charge is 2.70. The Bertz CT molecular complexity index is 2990. The van der Waals surface area contributed by atoms with E-state index in [1.54, 1.807) is 64.2 Å². The molecule has 0 aliphatic heterocycles. The van der Waals surface area contributed by atoms with E-state index < -0.39 is 17.0 Å². The van der Waals surface area contributed by atoms with Gasteiger partial charge in [0.15, 0.2) is 0 Å². The summed E-state index contributed by atoms with van der Waals surface area (Å²) < 4.78 is 11.0. The molecule has 47 atom stereocenters. The van der Waals surface area contributed by atoms with Gasteiger partial charge < -0.3 is 29.9 Å². The second-order valence-corrected chi connectivity index (χ2v) is 46.0. The fourth-order valence-corrected chi connectivity index (χ4v) is 36.9. The van der Waals surface area contributed by atoms with Crippen LogP contribution in [-0.4, -0.2) is 68.9 Å². The average Bonchev–Trinajstić information content (AvgIpc) is 1.52. The van der Waals surface area contributed by atoms with Gasteiger partial charge in [0.1, 0.15) is 12.2 Å². The van der Waals surface area contributed by atoms with E-state index >= 15 is 0 Å². The first-order chi connectivity index (χ1) is 49.8. The van der Waals surface area contributed by atoms with Crippen LogP contribution in [0.2, 0.25) is 0 Å². The molecule has 24 saturated carbocycles. The van der Waals surface area contributed by atoms with Crippen LogP contribution >= 0.6 is 0 Å². The molecular weight excluding hydrogens is 1300 g/mol. The zero-order chi connectivity index (χ0) is 74.2. The minimum atomic E-state index is -0.568. The van der Waals surface area contributed by atoms with Gasteiger partial charge in [0.05, 0.1) is 35.6 Å². The van der Waals surface area contributed by atoms with Gasteiger partial charge in [0.2, 0.25) is 0 Å². The van der Waals surface area contributed by atoms with E-state index in [9.17, 15) is 24.6 Å². The van der Waals surface area contributed by atoms with Gasteiger partial charge in [-0.2, -0.15) is 0 Å². The number of carbonyl (C=O) groups excluding carboxylic acids is 2. The summed E-state index contributed by atoms with van der Waals surface area (Å²) in [6, 6.07) is 0. The van der Waals surface area contributed by atoms with Crippen LogP contribution in [0.4, 0.5) is 0 Å². The lowest BCUT2D eigenvalue weighted by molar-refractivity contribution is -0.225. The molecule has 0 saturated heterocycles. The van der Waals surface area contributed by atoms with Gasteiger partial charge in [0.25, 0.3) is 0 Å². The van der Waals surface area contributed by atoms with E-state index in [0.29, 0.717) is 53.8 Å². The zero-order valence-corrected chi connectivity index (χ0v) is 69.4. The molecule has 0 amide bonds. The number of fused-ring (bicyclic) bond motifs is 40. The Morgan fingerprint density at radius 2 is 0.752 bits per heavy atom. The van der Waals surface area contributed by atoms with Crippen molar-refractivity contribution in [1.29, 1.82) is 0 Å². The molecule has 0 aromatic carbocycles. The summed E-state index contributed by atoms with van der Waals surface area (Å²) in [7, 11) is 0. The summed E-state index contributed by atoms with van der Waals surface area (Å²) in [6.45, 7) is 40.3. The Morgan fingerprint density at radius 1 is 0.390 bits per heavy atom. The second kappa shape index (κ2) is 27.8. The number of carboxylic acids is 1. The van der Waals surface area contributed by atoms with Crippen molar-refractivity contribution >= 4 is 17.9 Å². The van der Waals surface area contributed by atoms with Gasteiger partial charge in [-0.1, -0.05) is 104 Å². The molecule has 0 aromatic heterocycles. The first-order valence-electron chi connectivity index (χ1n) is 46.5. The number of aliphatic hydroxyl groups is 3. The van der Waals surface area contributed by atoms with Crippen molar-refractivity contribution < 1.29 is 44.3 Å². The van der Waals surface area contributed by atoms with Gasteiger partial charge in [-0.05, 0) is 422 Å². The standard InChI is InChI=1S/C16H26O3.2C15H24.C14H22O.C14H22.C12H20O3.C10H16O2/c1-4-14(2,3)13(17)19-16-8-11-5-12(9-16)7-15(18,6-11)10-16;2*1-7-4-10-5-11(7)15-13-6-12(14(10)15)8(2)9(13)3;1-6-7(2)10-5-9(6)13-8-3-11(14(10)13)12(15)4-8;1-7-8(2)12-6-11(7)13-9-3-4-10(5-9)14(12)13;1-7-8(2)10-5-9(7)6-11(10)12(14)15-4-3-13;1-5-6(2)8-3-7(5)4-9(8)10(11)12/h11-12,18H,4-10H2,1-3H3;2*7-15H,4-6H2,1-3H3;6-15H,3-5H2,1-2H3;7-14H,3-6H2,1-2H3;7-11,13H,3-6H2,1-2H3;5-9H,3-4H2,1-2H3,(H,11,12). The molecule has 592 valence electrons. The predicted molar refractivity (Wildman–Crippen MR) is 416 cm³/mol. The maximum absolute atomic E-state index is 12.4. The van der Waals surface area contributed by atoms with Gasteiger partial charge in [0, 0.05) is 6.42 Å². The van der Waals surface area contributed by atoms with Crippen molar-refractivity contribution in [3.8, 4) is 0 Å². The molecule has 24 aliphatic rings. The molecule has 24 bridgehead atoms. The third-order valence-corrected chi connectivity index (χ3v) is 42.4. The van der Waals surface area contributed by atoms with Crippen molar-refractivity contribution in [2.75, 3.05) is 13.2 Å². The van der Waals surface area contributed by atoms with E-state index in [1.807, 2.05) is 20.8 Å². The van der Waals surface area contributed by atoms with Crippen molar-refractivity contribution in [3.05, 3.63) is 0 Å². The molecule has 47 unspecified atom stereocenters. The molecule has 24 fully saturated rings. The van der Waals surface area contributed by atoms with Gasteiger partial charge >= 0.3 is 17.9 Å². The third kappa shape index (κ3) is 12.1. The fourth-order valence-electron chi connectivity index (χ4n) is 36.9. The number of carbonyl (C=O) groups is 3. The molecule has 0 spiro atoms. The first kappa shape index (κ1) is 75.9. The maximum Gasteiger partial charge on any atom is 0.312 e. The minimum Gasteiger partial charge on any atom is -0.481 e. The summed E-state index contributed by atoms with van der Waals surface area (Å²) in [5, 5.41) is 38.2. The highest BCUT2D eigenvalue weighted by Crippen LogP contribution is 2.75. The SMILES string of the molecule is CC1C(C)C2CC1C1C3CC(O)C(C3)C21.CC1C(C)C2CC1C1C3CCC(C3)C21.CC1C2CC(C(=O)O)C(C2)C1C.CC1C2CC(C(=O)OCCO)C(C2)C1C.CC1CC2CC1C1C3CC(C(C)C3C)C21.CC1CC2CC1C1C3CC(C(C)C3C)C21.CCC(C)(C)C(=O)OC12CC3CC(CC(O)(C3)C1)C2. The van der Waals surface area contributed by atoms with Crippen molar-refractivity contribution in [3.63, 3.8) is 0 Å². The molecule has 24 rings (SSSR count). The Labute approximate surface area is 638 Å². The predicted octanol–water partition coefficient (Wildman–Crippen LogP) is 20.2. The van der Waals surface area contributed by atoms with Crippen LogP contribution in [0.5, 0.6) is 0 Å². The highest BCUT2D eigenvalue weighted by atomic mass is 16.6. The van der Waals surface area contributed by atoms with E-state index in [2.05, 4.69) is 96.9 Å². The fraction of sp³-hybridized carbons (Fsp3) is 0.969. The number of esters is 2. The van der Waals surface area contributed by atoms with Crippen LogP contribution in [0, 0.1) is 278 Å². The lowest BCUT2D eigenvalue weighted by atomic mass is 9.52. The number of rotatable bonds is 7. The molecule has 0 radical (unpaired) electrons. The average molecular weight is 1450 g/mol. The Morgan fingerprint density at radius 3 is 1.14 bits per heavy atom. The van der Waals surface area contributed by atoms with Crippen LogP contribution < -0.4 is 0 Å². The second-order valence-electron chi connectivity index (χ2n) is 46.0. The van der Waals surface area contributed by atoms with Gasteiger partial charge in [-0.15, -0.1) is 0 Å². The number of hydrogen-bond donors (Lipinski definition) is 4. The van der Waals surface area contributed by atoms with E-state index in [4.69, 9.17) is 19.7 Å². The number of carboxylic acid groups (broad SMARTS) is 1. The van der Waals surface area contributed by atoms with Crippen molar-refractivity contribution in [2.45, 2.75) is 289 Å². The normalized spacial score (nSPS) is 59.4. The van der Waals surface area contributed by atoms with Gasteiger partial charge in [-0.3, -0.25) is 14.4 Å². The summed E-state index contributed by atoms with van der Waals surface area (Å²) in [4.78, 5) is 34.9. The Hall–Kier alpha value is -1.71. The van der Waals surface area contributed by atoms with Crippen molar-refractivity contribution in [1.82, 2.24) is 0 Å². The van der Waals surface area contributed by atoms with Crippen LogP contribution in [0.25, 0.3) is 0 Å². The van der Waals surface area contributed by atoms with Crippen LogP contribution in [0.1, 0.15) is 272 Å². The monoisotopic (exact) mass is 1450 g/mol. The summed E-state index contributed by atoms with van der Waals surface area (Å²) in [6.07, 6.45) is 30.8. The lowest BCUT2D eigenvalue weighted by Gasteiger charge is -2.59. The van der Waals surface area contributed by atoms with Crippen LogP contribution in [-0.2, 0) is 23.9 Å². The Kier molecular flexibility index (Phi) is 20.1. The first-order valence-corrected chi connectivity index (χ1v) is 46.5. The highest BCUT2D eigenvalue weighted by molar-refractivity contribution is 5.76. The molecule has 0 aromatic rings. The van der Waals surface area contributed by atoms with Gasteiger partial charge in [-0.25, -0.2) is 0 Å². The Balaban J connectivity index is 0.0000000907. The quantitative estimate of drug-likeness (QED) is 0.144. The maximum atomic E-state index is 12.4. The van der Waals surface area contributed by atoms with E-state index in [0.717, 1.165) is 217 Å². The number of hydrogen-bond acceptors (Lipinski definition) is 8. The number of aliphatic carboxylic acids is 1. The largest absolute Gasteiger partial charge is 0.481 e. The molecule has 105 heavy (non-hydrogen) atoms. The van der Waals surface area contributed by atoms with Crippen LogP contribution in [0.3, 0.4) is 0 Å². The third-order valence-electron chi connectivity index (χ3n) is 42.4. The molecule has 9 heteroatoms. The summed E-state index contributed by atoms with van der Waals surface area (Å²) >= 11 is 0. The summed E-state index contributed by atoms with van der Waals surface area (Å²) in [5.41, 5.74) is -1.32. The number of aliphatic hydroxyl groups excluding tert-OH is 2. The summed E-state index contributed by atoms with van der Waals surface area (Å²) in [5.74, 6) is 42.4. The van der Waals surface area contributed by atoms with Crippen molar-refractivity contribution in [2.24, 2.45) is 278 Å². The number of ether oxygens (including phenoxy) is 2. The smallest absolute Gasteiger partial charge is 0.312 e. The van der Waals surface area contributed by atoms with E-state index in [-0.39, 0.29) is 48.7 Å². The molecular formula is C96H154O9.